The lowest BCUT2D eigenvalue weighted by atomic mass is 10.1. The zero-order valence-corrected chi connectivity index (χ0v) is 14.5. The zero-order valence-electron chi connectivity index (χ0n) is 12.1. The number of aryl methyl sites for hydroxylation is 1. The number of sulfonamides is 1. The van der Waals surface area contributed by atoms with Crippen LogP contribution in [0.25, 0.3) is 0 Å². The fraction of sp³-hybridized carbons (Fsp3) is 0.538. The van der Waals surface area contributed by atoms with Crippen LogP contribution in [-0.2, 0) is 16.6 Å². The first-order valence-electron chi connectivity index (χ1n) is 6.25. The molecule has 0 heterocycles. The lowest BCUT2D eigenvalue weighted by Crippen LogP contribution is -2.38. The van der Waals surface area contributed by atoms with Crippen molar-refractivity contribution in [2.24, 2.45) is 0 Å². The summed E-state index contributed by atoms with van der Waals surface area (Å²) in [4.78, 5) is 2.10. The molecule has 0 radical (unpaired) electrons. The summed E-state index contributed by atoms with van der Waals surface area (Å²) in [5.41, 5.74) is 1.35. The Balaban J connectivity index is 3.06. The molecule has 0 aliphatic rings. The van der Waals surface area contributed by atoms with Gasteiger partial charge in [0.25, 0.3) is 0 Å². The number of aliphatic hydroxyl groups is 1. The van der Waals surface area contributed by atoms with Crippen molar-refractivity contribution in [1.29, 1.82) is 0 Å². The molecule has 0 aromatic heterocycles. The number of hydrogen-bond acceptors (Lipinski definition) is 4. The second kappa shape index (κ2) is 7.00. The maximum atomic E-state index is 12.4. The van der Waals surface area contributed by atoms with Gasteiger partial charge in [-0.2, -0.15) is 0 Å². The molecule has 0 aliphatic heterocycles. The predicted octanol–water partition coefficient (Wildman–Crippen LogP) is 1.48. The SMILES string of the molecule is Cc1cc(CO)cc(S(=O)(=O)NCC(C)N(C)C)c1Br. The molecular formula is C13H21BrN2O3S. The monoisotopic (exact) mass is 364 g/mol. The summed E-state index contributed by atoms with van der Waals surface area (Å²) in [6.07, 6.45) is 0. The molecule has 7 heteroatoms. The molecule has 114 valence electrons. The molecule has 0 fully saturated rings. The van der Waals surface area contributed by atoms with Gasteiger partial charge >= 0.3 is 0 Å². The third kappa shape index (κ3) is 4.26. The second-order valence-corrected chi connectivity index (χ2v) is 7.58. The molecule has 1 unspecified atom stereocenters. The molecule has 1 aromatic rings. The molecule has 5 nitrogen and oxygen atoms in total. The zero-order chi connectivity index (χ0) is 15.5. The normalized spacial score (nSPS) is 13.8. The number of likely N-dealkylation sites (N-methyl/N-ethyl adjacent to an activating group) is 1. The molecule has 0 aliphatic carbocycles. The van der Waals surface area contributed by atoms with Crippen LogP contribution in [0.2, 0.25) is 0 Å². The third-order valence-corrected chi connectivity index (χ3v) is 5.97. The average Bonchev–Trinajstić information content (AvgIpc) is 2.38. The fourth-order valence-electron chi connectivity index (χ4n) is 1.59. The first kappa shape index (κ1) is 17.6. The van der Waals surface area contributed by atoms with Crippen LogP contribution in [0, 0.1) is 6.92 Å². The van der Waals surface area contributed by atoms with E-state index in [1.54, 1.807) is 13.0 Å². The van der Waals surface area contributed by atoms with Gasteiger partial charge in [-0.25, -0.2) is 13.1 Å². The van der Waals surface area contributed by atoms with Crippen LogP contribution in [-0.4, -0.2) is 45.1 Å². The van der Waals surface area contributed by atoms with Crippen LogP contribution in [0.1, 0.15) is 18.1 Å². The minimum Gasteiger partial charge on any atom is -0.392 e. The highest BCUT2D eigenvalue weighted by Gasteiger charge is 2.20. The Hall–Kier alpha value is -0.470. The van der Waals surface area contributed by atoms with Gasteiger partial charge in [0.05, 0.1) is 11.5 Å². The molecule has 20 heavy (non-hydrogen) atoms. The van der Waals surface area contributed by atoms with E-state index >= 15 is 0 Å². The molecule has 1 atom stereocenters. The van der Waals surface area contributed by atoms with Gasteiger partial charge in [0.15, 0.2) is 0 Å². The van der Waals surface area contributed by atoms with Gasteiger partial charge in [0, 0.05) is 17.1 Å². The average molecular weight is 365 g/mol. The Morgan fingerprint density at radius 3 is 2.50 bits per heavy atom. The van der Waals surface area contributed by atoms with Crippen molar-refractivity contribution in [3.8, 4) is 0 Å². The van der Waals surface area contributed by atoms with Crippen LogP contribution >= 0.6 is 15.9 Å². The van der Waals surface area contributed by atoms with E-state index < -0.39 is 10.0 Å². The minimum absolute atomic E-state index is 0.0886. The van der Waals surface area contributed by atoms with Crippen molar-refractivity contribution in [2.45, 2.75) is 31.4 Å². The Bertz CT molecular complexity index is 573. The number of hydrogen-bond donors (Lipinski definition) is 2. The maximum absolute atomic E-state index is 12.4. The van der Waals surface area contributed by atoms with Crippen LogP contribution in [0.3, 0.4) is 0 Å². The number of aliphatic hydroxyl groups excluding tert-OH is 1. The van der Waals surface area contributed by atoms with Gasteiger partial charge in [-0.15, -0.1) is 0 Å². The van der Waals surface area contributed by atoms with Crippen molar-refractivity contribution < 1.29 is 13.5 Å². The molecule has 1 rings (SSSR count). The molecule has 0 spiro atoms. The first-order valence-corrected chi connectivity index (χ1v) is 8.52. The predicted molar refractivity (Wildman–Crippen MR) is 83.1 cm³/mol. The largest absolute Gasteiger partial charge is 0.392 e. The van der Waals surface area contributed by atoms with Crippen LogP contribution in [0.15, 0.2) is 21.5 Å². The molecule has 2 N–H and O–H groups in total. The van der Waals surface area contributed by atoms with Crippen LogP contribution < -0.4 is 4.72 Å². The molecule has 0 bridgehead atoms. The minimum atomic E-state index is -3.61. The first-order chi connectivity index (χ1) is 9.19. The Labute approximate surface area is 129 Å². The standard InChI is InChI=1S/C13H21BrN2O3S/c1-9-5-11(8-17)6-12(13(9)14)20(18,19)15-7-10(2)16(3)4/h5-6,10,15,17H,7-8H2,1-4H3. The molecule has 1 aromatic carbocycles. The highest BCUT2D eigenvalue weighted by atomic mass is 79.9. The van der Waals surface area contributed by atoms with Crippen LogP contribution in [0.5, 0.6) is 0 Å². The van der Waals surface area contributed by atoms with E-state index in [9.17, 15) is 13.5 Å². The van der Waals surface area contributed by atoms with Crippen LogP contribution in [0.4, 0.5) is 0 Å². The van der Waals surface area contributed by atoms with E-state index in [-0.39, 0.29) is 17.5 Å². The molecule has 0 saturated heterocycles. The Morgan fingerprint density at radius 2 is 2.00 bits per heavy atom. The van der Waals surface area contributed by atoms with Crippen molar-refractivity contribution in [2.75, 3.05) is 20.6 Å². The van der Waals surface area contributed by atoms with Crippen molar-refractivity contribution in [1.82, 2.24) is 9.62 Å². The molecular weight excluding hydrogens is 344 g/mol. The van der Waals surface area contributed by atoms with Crippen molar-refractivity contribution in [3.63, 3.8) is 0 Å². The van der Waals surface area contributed by atoms with E-state index in [4.69, 9.17) is 0 Å². The van der Waals surface area contributed by atoms with Crippen molar-refractivity contribution in [3.05, 3.63) is 27.7 Å². The highest BCUT2D eigenvalue weighted by molar-refractivity contribution is 9.10. The number of nitrogens with one attached hydrogen (secondary N) is 1. The van der Waals surface area contributed by atoms with Gasteiger partial charge in [-0.1, -0.05) is 6.07 Å². The van der Waals surface area contributed by atoms with E-state index in [1.165, 1.54) is 6.07 Å². The van der Waals surface area contributed by atoms with Gasteiger partial charge < -0.3 is 10.0 Å². The van der Waals surface area contributed by atoms with Gasteiger partial charge in [0.1, 0.15) is 0 Å². The number of benzene rings is 1. The van der Waals surface area contributed by atoms with Gasteiger partial charge in [-0.05, 0) is 61.1 Å². The summed E-state index contributed by atoms with van der Waals surface area (Å²) in [7, 11) is 0.179. The lowest BCUT2D eigenvalue weighted by molar-refractivity contribution is 0.281. The second-order valence-electron chi connectivity index (χ2n) is 5.05. The molecule has 0 saturated carbocycles. The van der Waals surface area contributed by atoms with E-state index in [0.717, 1.165) is 5.56 Å². The number of rotatable bonds is 6. The fourth-order valence-corrected chi connectivity index (χ4v) is 3.77. The maximum Gasteiger partial charge on any atom is 0.241 e. The topological polar surface area (TPSA) is 69.6 Å². The van der Waals surface area contributed by atoms with Gasteiger partial charge in [-0.3, -0.25) is 0 Å². The van der Waals surface area contributed by atoms with E-state index in [0.29, 0.717) is 16.6 Å². The highest BCUT2D eigenvalue weighted by Crippen LogP contribution is 2.27. The third-order valence-electron chi connectivity index (χ3n) is 3.20. The Morgan fingerprint density at radius 1 is 1.40 bits per heavy atom. The lowest BCUT2D eigenvalue weighted by Gasteiger charge is -2.20. The van der Waals surface area contributed by atoms with E-state index in [2.05, 4.69) is 20.7 Å². The summed E-state index contributed by atoms with van der Waals surface area (Å²) in [6.45, 7) is 3.87. The smallest absolute Gasteiger partial charge is 0.241 e. The molecule has 0 amide bonds. The summed E-state index contributed by atoms with van der Waals surface area (Å²) in [5, 5.41) is 9.20. The summed E-state index contributed by atoms with van der Waals surface area (Å²) < 4.78 is 27.8. The summed E-state index contributed by atoms with van der Waals surface area (Å²) in [6, 6.07) is 3.33. The van der Waals surface area contributed by atoms with E-state index in [1.807, 2.05) is 25.9 Å². The quantitative estimate of drug-likeness (QED) is 0.801. The number of nitrogens with zero attached hydrogens (tertiary/aromatic N) is 1. The summed E-state index contributed by atoms with van der Waals surface area (Å²) in [5.74, 6) is 0. The number of halogens is 1. The Kier molecular flexibility index (Phi) is 6.15. The summed E-state index contributed by atoms with van der Waals surface area (Å²) >= 11 is 3.30. The van der Waals surface area contributed by atoms with Gasteiger partial charge in [0.2, 0.25) is 10.0 Å². The van der Waals surface area contributed by atoms with Crippen molar-refractivity contribution >= 4 is 26.0 Å².